The van der Waals surface area contributed by atoms with Crippen LogP contribution < -0.4 is 10.6 Å². The summed E-state index contributed by atoms with van der Waals surface area (Å²) in [5, 5.41) is 5.65. The van der Waals surface area contributed by atoms with Gasteiger partial charge in [0.25, 0.3) is 5.91 Å². The van der Waals surface area contributed by atoms with Gasteiger partial charge in [-0.3, -0.25) is 9.78 Å². The van der Waals surface area contributed by atoms with E-state index in [1.165, 1.54) is 0 Å². The first kappa shape index (κ1) is 11.1. The van der Waals surface area contributed by atoms with Crippen molar-refractivity contribution in [1.29, 1.82) is 0 Å². The molecule has 0 radical (unpaired) electrons. The molecule has 4 nitrogen and oxygen atoms in total. The number of aromatic nitrogens is 1. The number of amides is 1. The molecule has 0 aliphatic heterocycles. The van der Waals surface area contributed by atoms with Gasteiger partial charge in [0.2, 0.25) is 0 Å². The van der Waals surface area contributed by atoms with Crippen LogP contribution in [-0.2, 0) is 0 Å². The molecule has 0 saturated carbocycles. The monoisotopic (exact) mass is 203 g/mol. The average Bonchev–Trinajstić information content (AvgIpc) is 2.27. The molecule has 15 heavy (non-hydrogen) atoms. The maximum Gasteiger partial charge on any atom is 0.269 e. The van der Waals surface area contributed by atoms with E-state index < -0.39 is 0 Å². The fourth-order valence-electron chi connectivity index (χ4n) is 1.07. The van der Waals surface area contributed by atoms with E-state index in [9.17, 15) is 4.79 Å². The summed E-state index contributed by atoms with van der Waals surface area (Å²) in [7, 11) is 0. The van der Waals surface area contributed by atoms with Crippen molar-refractivity contribution in [1.82, 2.24) is 10.3 Å². The van der Waals surface area contributed by atoms with Crippen LogP contribution in [0.3, 0.4) is 0 Å². The fraction of sp³-hybridized carbons (Fsp3) is 0.273. The Morgan fingerprint density at radius 3 is 3.13 bits per heavy atom. The van der Waals surface area contributed by atoms with Crippen LogP contribution in [0.25, 0.3) is 0 Å². The van der Waals surface area contributed by atoms with E-state index in [-0.39, 0.29) is 5.91 Å². The number of hydrogen-bond acceptors (Lipinski definition) is 3. The van der Waals surface area contributed by atoms with E-state index in [1.807, 2.05) is 6.92 Å². The third-order valence-corrected chi connectivity index (χ3v) is 1.72. The van der Waals surface area contributed by atoms with Crippen LogP contribution in [0.2, 0.25) is 0 Å². The van der Waals surface area contributed by atoms with Gasteiger partial charge in [-0.25, -0.2) is 0 Å². The van der Waals surface area contributed by atoms with Crippen molar-refractivity contribution in [3.05, 3.63) is 24.0 Å². The van der Waals surface area contributed by atoms with Crippen LogP contribution in [0.5, 0.6) is 0 Å². The Morgan fingerprint density at radius 1 is 1.67 bits per heavy atom. The number of rotatable bonds is 4. The smallest absolute Gasteiger partial charge is 0.269 e. The zero-order valence-electron chi connectivity index (χ0n) is 8.58. The molecule has 0 fully saturated rings. The van der Waals surface area contributed by atoms with E-state index >= 15 is 0 Å². The molecule has 0 saturated heterocycles. The molecule has 1 rings (SSSR count). The van der Waals surface area contributed by atoms with E-state index in [0.29, 0.717) is 18.8 Å². The second-order valence-corrected chi connectivity index (χ2v) is 2.85. The second kappa shape index (κ2) is 5.66. The van der Waals surface area contributed by atoms with Crippen molar-refractivity contribution < 1.29 is 4.79 Å². The minimum atomic E-state index is -0.179. The molecule has 1 amide bonds. The molecule has 1 heterocycles. The molecule has 1 aromatic heterocycles. The molecule has 1 aromatic rings. The van der Waals surface area contributed by atoms with Crippen molar-refractivity contribution in [2.75, 3.05) is 18.4 Å². The lowest BCUT2D eigenvalue weighted by molar-refractivity contribution is 0.0951. The minimum Gasteiger partial charge on any atom is -0.374 e. The summed E-state index contributed by atoms with van der Waals surface area (Å²) < 4.78 is 0. The van der Waals surface area contributed by atoms with Gasteiger partial charge in [-0.1, -0.05) is 5.92 Å². The molecule has 2 N–H and O–H groups in total. The lowest BCUT2D eigenvalue weighted by Gasteiger charge is -2.04. The van der Waals surface area contributed by atoms with Gasteiger partial charge in [0.05, 0.1) is 6.54 Å². The number of anilines is 1. The van der Waals surface area contributed by atoms with Crippen molar-refractivity contribution in [2.24, 2.45) is 0 Å². The predicted octanol–water partition coefficient (Wildman–Crippen LogP) is 0.876. The lowest BCUT2D eigenvalue weighted by atomic mass is 10.3. The fourth-order valence-corrected chi connectivity index (χ4v) is 1.07. The van der Waals surface area contributed by atoms with E-state index in [4.69, 9.17) is 6.42 Å². The first-order chi connectivity index (χ1) is 7.27. The molecule has 0 bridgehead atoms. The van der Waals surface area contributed by atoms with E-state index in [2.05, 4.69) is 21.5 Å². The van der Waals surface area contributed by atoms with Gasteiger partial charge in [0, 0.05) is 18.4 Å². The Hall–Kier alpha value is -2.02. The largest absolute Gasteiger partial charge is 0.374 e. The van der Waals surface area contributed by atoms with E-state index in [1.54, 1.807) is 18.3 Å². The molecule has 0 spiro atoms. The zero-order chi connectivity index (χ0) is 11.1. The van der Waals surface area contributed by atoms with Crippen LogP contribution in [0, 0.1) is 12.3 Å². The Kier molecular flexibility index (Phi) is 4.17. The van der Waals surface area contributed by atoms with Crippen molar-refractivity contribution in [3.8, 4) is 12.3 Å². The van der Waals surface area contributed by atoms with Crippen LogP contribution in [0.4, 0.5) is 5.69 Å². The molecule has 78 valence electrons. The molecule has 0 atom stereocenters. The Bertz CT molecular complexity index is 382. The Labute approximate surface area is 89.1 Å². The maximum atomic E-state index is 11.4. The van der Waals surface area contributed by atoms with Crippen LogP contribution in [0.1, 0.15) is 17.4 Å². The second-order valence-electron chi connectivity index (χ2n) is 2.85. The number of carbonyl (C=O) groups is 1. The van der Waals surface area contributed by atoms with Crippen LogP contribution in [0.15, 0.2) is 18.3 Å². The van der Waals surface area contributed by atoms with E-state index in [0.717, 1.165) is 5.69 Å². The normalized spacial score (nSPS) is 9.07. The van der Waals surface area contributed by atoms with Gasteiger partial charge in [-0.05, 0) is 19.1 Å². The molecule has 0 aromatic carbocycles. The summed E-state index contributed by atoms with van der Waals surface area (Å²) in [5.74, 6) is 2.28. The average molecular weight is 203 g/mol. The summed E-state index contributed by atoms with van der Waals surface area (Å²) in [6, 6.07) is 3.43. The number of hydrogen-bond donors (Lipinski definition) is 2. The van der Waals surface area contributed by atoms with Gasteiger partial charge in [0.1, 0.15) is 5.69 Å². The Morgan fingerprint density at radius 2 is 2.47 bits per heavy atom. The van der Waals surface area contributed by atoms with Gasteiger partial charge < -0.3 is 10.6 Å². The highest BCUT2D eigenvalue weighted by atomic mass is 16.1. The van der Waals surface area contributed by atoms with Crippen LogP contribution in [-0.4, -0.2) is 24.0 Å². The summed E-state index contributed by atoms with van der Waals surface area (Å²) >= 11 is 0. The van der Waals surface area contributed by atoms with Crippen LogP contribution >= 0.6 is 0 Å². The SMILES string of the molecule is C#CCNc1ccnc(C(=O)NCC)c1. The summed E-state index contributed by atoms with van der Waals surface area (Å²) in [4.78, 5) is 15.4. The molecular formula is C11H13N3O. The number of nitrogens with one attached hydrogen (secondary N) is 2. The van der Waals surface area contributed by atoms with Crippen molar-refractivity contribution in [2.45, 2.75) is 6.92 Å². The highest BCUT2D eigenvalue weighted by Gasteiger charge is 2.05. The predicted molar refractivity (Wildman–Crippen MR) is 59.6 cm³/mol. The number of carbonyl (C=O) groups excluding carboxylic acids is 1. The first-order valence-electron chi connectivity index (χ1n) is 4.69. The molecule has 0 aliphatic carbocycles. The maximum absolute atomic E-state index is 11.4. The standard InChI is InChI=1S/C11H13N3O/c1-3-6-13-9-5-7-14-10(8-9)11(15)12-4-2/h1,5,7-8H,4,6H2,2H3,(H,12,15)(H,13,14). The summed E-state index contributed by atoms with van der Waals surface area (Å²) in [6.45, 7) is 2.87. The number of nitrogens with zero attached hydrogens (tertiary/aromatic N) is 1. The molecule has 4 heteroatoms. The summed E-state index contributed by atoms with van der Waals surface area (Å²) in [6.07, 6.45) is 6.69. The lowest BCUT2D eigenvalue weighted by Crippen LogP contribution is -2.23. The third-order valence-electron chi connectivity index (χ3n) is 1.72. The van der Waals surface area contributed by atoms with Crippen molar-refractivity contribution in [3.63, 3.8) is 0 Å². The molecular weight excluding hydrogens is 190 g/mol. The molecule has 0 aliphatic rings. The van der Waals surface area contributed by atoms with Gasteiger partial charge in [-0.2, -0.15) is 0 Å². The number of terminal acetylenes is 1. The van der Waals surface area contributed by atoms with Gasteiger partial charge in [0.15, 0.2) is 0 Å². The topological polar surface area (TPSA) is 54.0 Å². The first-order valence-corrected chi connectivity index (χ1v) is 4.69. The zero-order valence-corrected chi connectivity index (χ0v) is 8.58. The minimum absolute atomic E-state index is 0.179. The van der Waals surface area contributed by atoms with Crippen molar-refractivity contribution >= 4 is 11.6 Å². The van der Waals surface area contributed by atoms with Gasteiger partial charge >= 0.3 is 0 Å². The third kappa shape index (κ3) is 3.31. The highest BCUT2D eigenvalue weighted by molar-refractivity contribution is 5.93. The molecule has 0 unspecified atom stereocenters. The number of pyridine rings is 1. The summed E-state index contributed by atoms with van der Waals surface area (Å²) in [5.41, 5.74) is 1.18. The quantitative estimate of drug-likeness (QED) is 0.714. The highest BCUT2D eigenvalue weighted by Crippen LogP contribution is 2.07. The Balaban J connectivity index is 2.74. The van der Waals surface area contributed by atoms with Gasteiger partial charge in [-0.15, -0.1) is 6.42 Å².